The molecule has 2 unspecified atom stereocenters. The fourth-order valence-corrected chi connectivity index (χ4v) is 3.65. The number of thiazole rings is 2. The van der Waals surface area contributed by atoms with Crippen LogP contribution in [0, 0.1) is 0 Å². The maximum Gasteiger partial charge on any atom is 2.00 e. The van der Waals surface area contributed by atoms with Gasteiger partial charge in [-0.05, 0) is 35.4 Å². The minimum absolute atomic E-state index is 0. The molecule has 0 bridgehead atoms. The summed E-state index contributed by atoms with van der Waals surface area (Å²) in [5.74, 6) is -2.14. The van der Waals surface area contributed by atoms with Crippen molar-refractivity contribution in [3.05, 3.63) is 82.8 Å². The Balaban J connectivity index is 0.000000240. The number of ether oxygens (including phenoxy) is 2. The third kappa shape index (κ3) is 8.90. The van der Waals surface area contributed by atoms with Crippen LogP contribution in [0.2, 0.25) is 0 Å². The van der Waals surface area contributed by atoms with E-state index >= 15 is 0 Å². The number of carboxylic acid groups (broad SMARTS) is 2. The van der Waals surface area contributed by atoms with Gasteiger partial charge in [-0.3, -0.25) is 0 Å². The van der Waals surface area contributed by atoms with Crippen LogP contribution in [0.1, 0.15) is 36.8 Å². The molecule has 2 aromatic heterocycles. The molecule has 4 rings (SSSR count). The normalized spacial score (nSPS) is 11.7. The minimum atomic E-state index is -1.08. The van der Waals surface area contributed by atoms with Gasteiger partial charge in [0.1, 0.15) is 11.5 Å². The van der Waals surface area contributed by atoms with Gasteiger partial charge in [-0.1, -0.05) is 60.8 Å². The molecule has 176 valence electrons. The predicted molar refractivity (Wildman–Crippen MR) is 130 cm³/mol. The predicted octanol–water partition coefficient (Wildman–Crippen LogP) is 3.20. The summed E-state index contributed by atoms with van der Waals surface area (Å²) in [6, 6.07) is 13.7. The van der Waals surface area contributed by atoms with Crippen molar-refractivity contribution in [1.82, 2.24) is 9.97 Å². The van der Waals surface area contributed by atoms with Crippen molar-refractivity contribution in [2.45, 2.75) is 25.7 Å². The number of aromatic nitrogens is 2. The van der Waals surface area contributed by atoms with Crippen molar-refractivity contribution in [1.29, 1.82) is 0 Å². The third-order valence-corrected chi connectivity index (χ3v) is 5.99. The zero-order valence-electron chi connectivity index (χ0n) is 19.0. The zero-order valence-corrected chi connectivity index (χ0v) is 22.8. The summed E-state index contributed by atoms with van der Waals surface area (Å²) in [7, 11) is 0. The maximum atomic E-state index is 10.7. The van der Waals surface area contributed by atoms with Crippen LogP contribution < -0.4 is 19.7 Å². The SMILES string of the molecule is CC(C(=O)[O-])c1ccc(Oc2nccs2)cc1.CC(C(=O)[O-])c1ccc(Oc2nccs2)cc1.[Ca+2]. The summed E-state index contributed by atoms with van der Waals surface area (Å²) < 4.78 is 10.9. The number of carbonyl (C=O) groups is 2. The molecule has 2 atom stereocenters. The van der Waals surface area contributed by atoms with Gasteiger partial charge >= 0.3 is 37.7 Å². The number of hydrogen-bond acceptors (Lipinski definition) is 10. The molecule has 4 aromatic rings. The smallest absolute Gasteiger partial charge is 0.550 e. The fourth-order valence-electron chi connectivity index (χ4n) is 2.64. The Morgan fingerprint density at radius 1 is 0.714 bits per heavy atom. The van der Waals surface area contributed by atoms with Gasteiger partial charge in [0, 0.05) is 46.9 Å². The first-order valence-electron chi connectivity index (χ1n) is 10.1. The van der Waals surface area contributed by atoms with Crippen LogP contribution in [0.25, 0.3) is 0 Å². The molecule has 0 aliphatic heterocycles. The van der Waals surface area contributed by atoms with Crippen LogP contribution in [0.5, 0.6) is 21.9 Å². The number of nitrogens with zero attached hydrogens (tertiary/aromatic N) is 2. The van der Waals surface area contributed by atoms with Gasteiger partial charge in [0.05, 0.1) is 0 Å². The van der Waals surface area contributed by atoms with E-state index in [2.05, 4.69) is 9.97 Å². The number of hydrogen-bond donors (Lipinski definition) is 0. The van der Waals surface area contributed by atoms with E-state index in [1.807, 2.05) is 10.8 Å². The molecule has 0 fully saturated rings. The third-order valence-electron chi connectivity index (χ3n) is 4.70. The molecule has 11 heteroatoms. The van der Waals surface area contributed by atoms with Crippen molar-refractivity contribution >= 4 is 72.4 Å². The average molecular weight is 537 g/mol. The number of benzene rings is 2. The summed E-state index contributed by atoms with van der Waals surface area (Å²) >= 11 is 2.79. The Morgan fingerprint density at radius 2 is 1.06 bits per heavy atom. The van der Waals surface area contributed by atoms with Crippen LogP contribution in [0.3, 0.4) is 0 Å². The molecule has 0 aliphatic carbocycles. The maximum absolute atomic E-state index is 10.7. The Kier molecular flexibility index (Phi) is 11.6. The van der Waals surface area contributed by atoms with Crippen LogP contribution in [0.4, 0.5) is 0 Å². The summed E-state index contributed by atoms with van der Waals surface area (Å²) in [6.07, 6.45) is 3.32. The number of rotatable bonds is 8. The van der Waals surface area contributed by atoms with Crippen LogP contribution in [0.15, 0.2) is 71.7 Å². The fraction of sp³-hybridized carbons (Fsp3) is 0.167. The number of carbonyl (C=O) groups excluding carboxylic acids is 2. The van der Waals surface area contributed by atoms with E-state index in [9.17, 15) is 19.8 Å². The van der Waals surface area contributed by atoms with Gasteiger partial charge in [-0.25, -0.2) is 9.97 Å². The van der Waals surface area contributed by atoms with Crippen LogP contribution in [-0.4, -0.2) is 59.6 Å². The molecule has 8 nitrogen and oxygen atoms in total. The van der Waals surface area contributed by atoms with Gasteiger partial charge in [-0.2, -0.15) is 0 Å². The summed E-state index contributed by atoms with van der Waals surface area (Å²) in [5, 5.41) is 26.1. The Labute approximate surface area is 240 Å². The van der Waals surface area contributed by atoms with E-state index in [4.69, 9.17) is 9.47 Å². The van der Waals surface area contributed by atoms with Gasteiger partial charge in [0.25, 0.3) is 10.4 Å². The zero-order chi connectivity index (χ0) is 24.5. The second kappa shape index (κ2) is 14.2. The molecule has 0 radical (unpaired) electrons. The molecule has 0 N–H and O–H groups in total. The molecule has 0 spiro atoms. The number of aliphatic carboxylic acids is 2. The molecule has 35 heavy (non-hydrogen) atoms. The molecular weight excluding hydrogens is 516 g/mol. The standard InChI is InChI=1S/2C12H11NO3S.Ca/c2*1-8(11(14)15)9-2-4-10(5-3-9)16-12-13-6-7-17-12;/h2*2-8H,1H3,(H,14,15);/q;;+2/p-2. The Bertz CT molecular complexity index is 1090. The van der Waals surface area contributed by atoms with Crippen LogP contribution >= 0.6 is 22.7 Å². The van der Waals surface area contributed by atoms with Crippen molar-refractivity contribution in [2.75, 3.05) is 0 Å². The van der Waals surface area contributed by atoms with Crippen molar-refractivity contribution < 1.29 is 29.3 Å². The minimum Gasteiger partial charge on any atom is -0.550 e. The largest absolute Gasteiger partial charge is 2.00 e. The van der Waals surface area contributed by atoms with E-state index < -0.39 is 23.8 Å². The van der Waals surface area contributed by atoms with Gasteiger partial charge in [0.15, 0.2) is 0 Å². The van der Waals surface area contributed by atoms with Gasteiger partial charge in [0.2, 0.25) is 0 Å². The first-order valence-corrected chi connectivity index (χ1v) is 11.9. The van der Waals surface area contributed by atoms with Crippen molar-refractivity contribution in [3.8, 4) is 21.9 Å². The van der Waals surface area contributed by atoms with Crippen molar-refractivity contribution in [2.24, 2.45) is 0 Å². The van der Waals surface area contributed by atoms with E-state index in [-0.39, 0.29) is 37.7 Å². The van der Waals surface area contributed by atoms with Gasteiger partial charge < -0.3 is 29.3 Å². The number of carboxylic acids is 2. The molecule has 2 heterocycles. The first-order chi connectivity index (χ1) is 16.3. The second-order valence-electron chi connectivity index (χ2n) is 7.02. The van der Waals surface area contributed by atoms with Gasteiger partial charge in [-0.15, -0.1) is 0 Å². The molecular formula is C24H20CaN2O6S2. The Morgan fingerprint density at radius 3 is 1.31 bits per heavy atom. The molecule has 0 saturated carbocycles. The molecule has 0 saturated heterocycles. The summed E-state index contributed by atoms with van der Waals surface area (Å²) in [5.41, 5.74) is 1.38. The molecule has 2 aromatic carbocycles. The molecule has 0 aliphatic rings. The molecule has 0 amide bonds. The van der Waals surface area contributed by atoms with E-state index in [1.54, 1.807) is 74.8 Å². The monoisotopic (exact) mass is 536 g/mol. The first kappa shape index (κ1) is 28.7. The summed E-state index contributed by atoms with van der Waals surface area (Å²) in [6.45, 7) is 3.18. The summed E-state index contributed by atoms with van der Waals surface area (Å²) in [4.78, 5) is 29.4. The topological polar surface area (TPSA) is 124 Å². The van der Waals surface area contributed by atoms with Crippen LogP contribution in [-0.2, 0) is 9.59 Å². The van der Waals surface area contributed by atoms with E-state index in [1.165, 1.54) is 22.7 Å². The van der Waals surface area contributed by atoms with E-state index in [0.29, 0.717) is 33.0 Å². The van der Waals surface area contributed by atoms with Crippen molar-refractivity contribution in [3.63, 3.8) is 0 Å². The quantitative estimate of drug-likeness (QED) is 0.315. The second-order valence-corrected chi connectivity index (χ2v) is 8.73. The average Bonchev–Trinajstić information content (AvgIpc) is 3.54. The Hall–Kier alpha value is -2.50. The van der Waals surface area contributed by atoms with E-state index in [0.717, 1.165) is 0 Å².